The van der Waals surface area contributed by atoms with Crippen LogP contribution in [0.25, 0.3) is 0 Å². The van der Waals surface area contributed by atoms with Crippen molar-refractivity contribution in [2.45, 2.75) is 6.92 Å². The monoisotopic (exact) mass is 164 g/mol. The summed E-state index contributed by atoms with van der Waals surface area (Å²) < 4.78 is 23.6. The van der Waals surface area contributed by atoms with Gasteiger partial charge in [0.2, 0.25) is 0 Å². The van der Waals surface area contributed by atoms with Crippen molar-refractivity contribution in [1.29, 1.82) is 0 Å². The maximum absolute atomic E-state index is 9.79. The third-order valence-corrected chi connectivity index (χ3v) is 0.846. The van der Waals surface area contributed by atoms with Gasteiger partial charge >= 0.3 is 10.3 Å². The first-order valence-electron chi connectivity index (χ1n) is 1.73. The second kappa shape index (κ2) is 5.30. The second-order valence-corrected chi connectivity index (χ2v) is 2.12. The number of hydrogen-bond acceptors (Lipinski definition) is 3. The Hall–Kier alpha value is 1.51. The average Bonchev–Trinajstić information content (AvgIpc) is 1.30. The summed E-state index contributed by atoms with van der Waals surface area (Å²) in [7, 11) is -3.67. The molecule has 0 heterocycles. The van der Waals surface area contributed by atoms with Gasteiger partial charge < -0.3 is 0 Å². The van der Waals surface area contributed by atoms with Gasteiger partial charge in [0, 0.05) is 51.4 Å². The molecule has 6 heteroatoms. The van der Waals surface area contributed by atoms with E-state index in [9.17, 15) is 8.42 Å². The minimum absolute atomic E-state index is 0. The van der Waals surface area contributed by atoms with Crippen LogP contribution >= 0.6 is 0 Å². The molecule has 0 aliphatic rings. The van der Waals surface area contributed by atoms with Crippen LogP contribution in [0.3, 0.4) is 0 Å². The molecule has 45 valence electrons. The zero-order valence-electron chi connectivity index (χ0n) is 4.92. The summed E-state index contributed by atoms with van der Waals surface area (Å²) in [6.45, 7) is 1.64. The maximum atomic E-state index is 9.79. The maximum Gasteiger partial charge on any atom is 0.333 e. The smallest absolute Gasteiger partial charge is 0.259 e. The van der Waals surface area contributed by atoms with Crippen LogP contribution in [0.5, 0.6) is 0 Å². The van der Waals surface area contributed by atoms with Crippen molar-refractivity contribution < 1.29 is 12.6 Å². The van der Waals surface area contributed by atoms with Crippen molar-refractivity contribution in [3.8, 4) is 0 Å². The van der Waals surface area contributed by atoms with E-state index in [4.69, 9.17) is 0 Å². The van der Waals surface area contributed by atoms with E-state index in [0.717, 1.165) is 0 Å². The molecule has 0 atom stereocenters. The molecule has 0 saturated heterocycles. The number of nitrogens with two attached hydrogens (primary N) is 1. The molecule has 1 radical (unpaired) electrons. The van der Waals surface area contributed by atoms with Crippen LogP contribution < -0.4 is 5.14 Å². The van der Waals surface area contributed by atoms with Gasteiger partial charge in [-0.2, -0.15) is 8.42 Å². The van der Waals surface area contributed by atoms with Crippen LogP contribution in [0.2, 0.25) is 0 Å². The molecule has 0 rings (SSSR count). The Morgan fingerprint density at radius 1 is 1.62 bits per heavy atom. The first-order valence-corrected chi connectivity index (χ1v) is 3.20. The summed E-state index contributed by atoms with van der Waals surface area (Å²) in [5.74, 6) is 0. The van der Waals surface area contributed by atoms with Crippen LogP contribution in [0, 0.1) is 0 Å². The van der Waals surface area contributed by atoms with Crippen LogP contribution in [0.4, 0.5) is 0 Å². The van der Waals surface area contributed by atoms with E-state index in [1.54, 1.807) is 6.92 Å². The predicted molar refractivity (Wildman–Crippen MR) is 30.5 cm³/mol. The minimum Gasteiger partial charge on any atom is -0.259 e. The van der Waals surface area contributed by atoms with E-state index in [1.165, 1.54) is 0 Å². The molecule has 0 spiro atoms. The van der Waals surface area contributed by atoms with E-state index in [2.05, 4.69) is 9.32 Å². The van der Waals surface area contributed by atoms with Crippen molar-refractivity contribution in [3.63, 3.8) is 0 Å². The Labute approximate surface area is 91.4 Å². The fraction of sp³-hybridized carbons (Fsp3) is 1.00. The molecular formula is C2H7KNO3S. The summed E-state index contributed by atoms with van der Waals surface area (Å²) in [6, 6.07) is 0. The Balaban J connectivity index is 0. The van der Waals surface area contributed by atoms with Gasteiger partial charge in [0.25, 0.3) is 0 Å². The summed E-state index contributed by atoms with van der Waals surface area (Å²) in [6.07, 6.45) is 0. The van der Waals surface area contributed by atoms with Crippen molar-refractivity contribution in [2.75, 3.05) is 6.61 Å². The average molecular weight is 164 g/mol. The van der Waals surface area contributed by atoms with Gasteiger partial charge in [0.15, 0.2) is 0 Å². The number of rotatable bonds is 2. The molecule has 0 aromatic heterocycles. The molecule has 0 aliphatic heterocycles. The third-order valence-electron chi connectivity index (χ3n) is 0.282. The molecule has 2 N–H and O–H groups in total. The Morgan fingerprint density at radius 2 is 2.00 bits per heavy atom. The van der Waals surface area contributed by atoms with E-state index >= 15 is 0 Å². The fourth-order valence-electron chi connectivity index (χ4n) is 0.164. The van der Waals surface area contributed by atoms with E-state index in [0.29, 0.717) is 0 Å². The zero-order chi connectivity index (χ0) is 5.91. The standard InChI is InChI=1S/C2H7NO3S.K/c1-2-6-7(3,4)5;/h2H2,1H3,(H2,3,4,5);. The fourth-order valence-corrected chi connectivity index (χ4v) is 0.493. The molecule has 0 amide bonds. The first kappa shape index (κ1) is 12.2. The van der Waals surface area contributed by atoms with Gasteiger partial charge in [0.05, 0.1) is 6.61 Å². The number of hydrogen-bond donors (Lipinski definition) is 1. The van der Waals surface area contributed by atoms with Crippen LogP contribution in [0.15, 0.2) is 0 Å². The molecular weight excluding hydrogens is 157 g/mol. The van der Waals surface area contributed by atoms with Crippen molar-refractivity contribution in [1.82, 2.24) is 0 Å². The molecule has 0 bridgehead atoms. The van der Waals surface area contributed by atoms with Gasteiger partial charge in [-0.1, -0.05) is 0 Å². The minimum atomic E-state index is -3.67. The Morgan fingerprint density at radius 3 is 2.00 bits per heavy atom. The summed E-state index contributed by atoms with van der Waals surface area (Å²) in [5.41, 5.74) is 0. The van der Waals surface area contributed by atoms with E-state index in [-0.39, 0.29) is 58.0 Å². The van der Waals surface area contributed by atoms with Crippen molar-refractivity contribution in [3.05, 3.63) is 0 Å². The topological polar surface area (TPSA) is 69.4 Å². The molecule has 0 saturated carbocycles. The summed E-state index contributed by atoms with van der Waals surface area (Å²) in [5, 5.41) is 4.40. The predicted octanol–water partition coefficient (Wildman–Crippen LogP) is -1.15. The third kappa shape index (κ3) is 10.5. The molecule has 4 nitrogen and oxygen atoms in total. The van der Waals surface area contributed by atoms with Crippen LogP contribution in [-0.4, -0.2) is 66.4 Å². The van der Waals surface area contributed by atoms with E-state index < -0.39 is 10.3 Å². The SMILES string of the molecule is CCOS(N)(=O)=O.[K]. The van der Waals surface area contributed by atoms with Gasteiger partial charge in [-0.25, -0.2) is 5.14 Å². The van der Waals surface area contributed by atoms with Crippen molar-refractivity contribution in [2.24, 2.45) is 5.14 Å². The first-order chi connectivity index (χ1) is 3.06. The van der Waals surface area contributed by atoms with Gasteiger partial charge in [-0.3, -0.25) is 4.18 Å². The largest absolute Gasteiger partial charge is 0.333 e. The quantitative estimate of drug-likeness (QED) is 0.524. The summed E-state index contributed by atoms with van der Waals surface area (Å²) >= 11 is 0. The normalized spacial score (nSPS) is 10.2. The molecule has 0 aromatic rings. The molecule has 0 aliphatic carbocycles. The van der Waals surface area contributed by atoms with Gasteiger partial charge in [-0.05, 0) is 6.92 Å². The molecule has 0 fully saturated rings. The second-order valence-electron chi connectivity index (χ2n) is 0.899. The van der Waals surface area contributed by atoms with E-state index in [1.807, 2.05) is 0 Å². The zero-order valence-corrected chi connectivity index (χ0v) is 8.86. The van der Waals surface area contributed by atoms with Crippen LogP contribution in [-0.2, 0) is 14.5 Å². The molecule has 8 heavy (non-hydrogen) atoms. The van der Waals surface area contributed by atoms with Gasteiger partial charge in [0.1, 0.15) is 0 Å². The Bertz CT molecular complexity index is 130. The summed E-state index contributed by atoms with van der Waals surface area (Å²) in [4.78, 5) is 0. The van der Waals surface area contributed by atoms with Gasteiger partial charge in [-0.15, -0.1) is 0 Å². The Kier molecular flexibility index (Phi) is 8.09. The van der Waals surface area contributed by atoms with Crippen molar-refractivity contribution >= 4 is 61.7 Å². The molecule has 0 aromatic carbocycles. The van der Waals surface area contributed by atoms with Crippen LogP contribution in [0.1, 0.15) is 6.92 Å². The molecule has 0 unspecified atom stereocenters.